The molecule has 0 aliphatic heterocycles. The summed E-state index contributed by atoms with van der Waals surface area (Å²) in [4.78, 5) is 16.8. The lowest BCUT2D eigenvalue weighted by atomic mass is 9.89. The maximum Gasteiger partial charge on any atom is 0.242 e. The third-order valence-electron chi connectivity index (χ3n) is 7.15. The average molecular weight is 503 g/mol. The molecule has 1 amide bonds. The van der Waals surface area contributed by atoms with Crippen molar-refractivity contribution in [3.63, 3.8) is 0 Å². The summed E-state index contributed by atoms with van der Waals surface area (Å²) in [6.45, 7) is 11.5. The highest BCUT2D eigenvalue weighted by Gasteiger charge is 2.46. The fourth-order valence-electron chi connectivity index (χ4n) is 4.88. The van der Waals surface area contributed by atoms with Gasteiger partial charge in [-0.25, -0.2) is 9.67 Å². The van der Waals surface area contributed by atoms with E-state index in [-0.39, 0.29) is 28.9 Å². The summed E-state index contributed by atoms with van der Waals surface area (Å²) in [6.07, 6.45) is 4.53. The maximum absolute atomic E-state index is 15.3. The van der Waals surface area contributed by atoms with Gasteiger partial charge in [0.25, 0.3) is 0 Å². The molecule has 0 aromatic carbocycles. The Bertz CT molecular complexity index is 1060. The molecule has 2 aliphatic rings. The van der Waals surface area contributed by atoms with Crippen molar-refractivity contribution in [1.82, 2.24) is 14.8 Å². The van der Waals surface area contributed by atoms with Crippen LogP contribution in [0.2, 0.25) is 25.7 Å². The molecular weight excluding hydrogens is 463 g/mol. The van der Waals surface area contributed by atoms with Gasteiger partial charge in [0.1, 0.15) is 12.5 Å². The SMILES string of the molecule is Cc1nn(COCC[Si](C)(C)C)c(C)c1-c1c(N)cc(NC(=O)[C@@H](N)C(C2CC2)C2CC2)nc1F. The van der Waals surface area contributed by atoms with Gasteiger partial charge in [-0.05, 0) is 63.3 Å². The topological polar surface area (TPSA) is 121 Å². The van der Waals surface area contributed by atoms with Gasteiger partial charge < -0.3 is 21.5 Å². The number of ether oxygens (including phenoxy) is 1. The van der Waals surface area contributed by atoms with Gasteiger partial charge in [0, 0.05) is 37.7 Å². The molecule has 192 valence electrons. The van der Waals surface area contributed by atoms with Crippen molar-refractivity contribution in [2.75, 3.05) is 17.7 Å². The van der Waals surface area contributed by atoms with Crippen molar-refractivity contribution < 1.29 is 13.9 Å². The average Bonchev–Trinajstić information content (AvgIpc) is 3.67. The smallest absolute Gasteiger partial charge is 0.242 e. The first-order chi connectivity index (χ1) is 16.5. The summed E-state index contributed by atoms with van der Waals surface area (Å²) in [5, 5.41) is 7.22. The Labute approximate surface area is 208 Å². The number of nitrogens with two attached hydrogens (primary N) is 2. The number of aryl methyl sites for hydroxylation is 1. The van der Waals surface area contributed by atoms with Gasteiger partial charge in [-0.2, -0.15) is 9.49 Å². The van der Waals surface area contributed by atoms with Crippen molar-refractivity contribution in [2.45, 2.75) is 78.0 Å². The molecule has 2 aromatic heterocycles. The van der Waals surface area contributed by atoms with Crippen LogP contribution in [0.25, 0.3) is 11.1 Å². The van der Waals surface area contributed by atoms with Gasteiger partial charge >= 0.3 is 0 Å². The monoisotopic (exact) mass is 502 g/mol. The molecule has 0 saturated heterocycles. The Balaban J connectivity index is 1.48. The number of pyridine rings is 1. The van der Waals surface area contributed by atoms with Crippen molar-refractivity contribution in [3.8, 4) is 11.1 Å². The van der Waals surface area contributed by atoms with E-state index < -0.39 is 20.1 Å². The first-order valence-electron chi connectivity index (χ1n) is 12.6. The predicted molar refractivity (Wildman–Crippen MR) is 139 cm³/mol. The molecule has 0 spiro atoms. The van der Waals surface area contributed by atoms with Crippen molar-refractivity contribution in [1.29, 1.82) is 0 Å². The molecule has 10 heteroatoms. The van der Waals surface area contributed by atoms with Crippen molar-refractivity contribution in [3.05, 3.63) is 23.4 Å². The summed E-state index contributed by atoms with van der Waals surface area (Å²) in [7, 11) is -1.19. The zero-order chi connectivity index (χ0) is 25.5. The Morgan fingerprint density at radius 1 is 1.23 bits per heavy atom. The summed E-state index contributed by atoms with van der Waals surface area (Å²) in [5.41, 5.74) is 14.9. The number of anilines is 2. The van der Waals surface area contributed by atoms with Crippen LogP contribution >= 0.6 is 0 Å². The van der Waals surface area contributed by atoms with Gasteiger partial charge in [0.05, 0.1) is 17.3 Å². The number of nitrogen functional groups attached to an aromatic ring is 1. The van der Waals surface area contributed by atoms with Crippen LogP contribution in [0.3, 0.4) is 0 Å². The van der Waals surface area contributed by atoms with Crippen LogP contribution in [0, 0.1) is 37.5 Å². The quantitative estimate of drug-likeness (QED) is 0.239. The second kappa shape index (κ2) is 9.98. The molecular formula is C25H39FN6O2Si. The molecule has 8 nitrogen and oxygen atoms in total. The van der Waals surface area contributed by atoms with Crippen LogP contribution in [0.1, 0.15) is 37.1 Å². The molecule has 35 heavy (non-hydrogen) atoms. The molecule has 2 saturated carbocycles. The third-order valence-corrected chi connectivity index (χ3v) is 8.85. The van der Waals surface area contributed by atoms with Gasteiger partial charge in [-0.15, -0.1) is 0 Å². The van der Waals surface area contributed by atoms with E-state index >= 15 is 4.39 Å². The number of carbonyl (C=O) groups excluding carboxylic acids is 1. The minimum atomic E-state index is -1.19. The number of nitrogens with zero attached hydrogens (tertiary/aromatic N) is 3. The molecule has 1 atom stereocenters. The minimum Gasteiger partial charge on any atom is -0.398 e. The molecule has 0 unspecified atom stereocenters. The Morgan fingerprint density at radius 2 is 1.86 bits per heavy atom. The van der Waals surface area contributed by atoms with E-state index in [9.17, 15) is 4.79 Å². The highest BCUT2D eigenvalue weighted by atomic mass is 28.3. The lowest BCUT2D eigenvalue weighted by Gasteiger charge is -2.22. The van der Waals surface area contributed by atoms with Crippen molar-refractivity contribution in [2.24, 2.45) is 23.5 Å². The molecule has 4 rings (SSSR count). The molecule has 2 aliphatic carbocycles. The Morgan fingerprint density at radius 3 is 2.40 bits per heavy atom. The van der Waals surface area contributed by atoms with E-state index in [4.69, 9.17) is 16.2 Å². The highest BCUT2D eigenvalue weighted by molar-refractivity contribution is 6.76. The standard InChI is InChI=1S/C25H39FN6O2Si/c1-14-20(15(2)32(31-14)13-34-10-11-35(3,4)5)22-18(27)12-19(29-24(22)26)30-25(33)23(28)21(16-6-7-16)17-8-9-17/h12,16-17,21,23H,6-11,13,28H2,1-5H3,(H3,27,29,30,33)/t23-/m0/s1. The number of rotatable bonds is 11. The molecule has 2 aromatic rings. The molecule has 2 fully saturated rings. The number of halogens is 1. The normalized spacial score (nSPS) is 17.1. The second-order valence-electron chi connectivity index (χ2n) is 11.4. The molecule has 0 bridgehead atoms. The van der Waals surface area contributed by atoms with Gasteiger partial charge in [-0.1, -0.05) is 19.6 Å². The Kier molecular flexibility index (Phi) is 7.35. The van der Waals surface area contributed by atoms with Gasteiger partial charge in [0.2, 0.25) is 11.9 Å². The summed E-state index contributed by atoms with van der Waals surface area (Å²) < 4.78 is 22.8. The minimum absolute atomic E-state index is 0.0759. The van der Waals surface area contributed by atoms with Crippen molar-refractivity contribution >= 4 is 25.5 Å². The Hall–Kier alpha value is -2.30. The number of nitrogens with one attached hydrogen (secondary N) is 1. The molecule has 5 N–H and O–H groups in total. The zero-order valence-corrected chi connectivity index (χ0v) is 22.5. The van der Waals surface area contributed by atoms with E-state index in [0.717, 1.165) is 37.4 Å². The van der Waals surface area contributed by atoms with E-state index in [1.165, 1.54) is 6.07 Å². The van der Waals surface area contributed by atoms with E-state index in [0.29, 0.717) is 36.4 Å². The second-order valence-corrected chi connectivity index (χ2v) is 17.0. The summed E-state index contributed by atoms with van der Waals surface area (Å²) in [5.74, 6) is 0.251. The number of hydrogen-bond donors (Lipinski definition) is 3. The largest absolute Gasteiger partial charge is 0.398 e. The van der Waals surface area contributed by atoms with E-state index in [1.54, 1.807) is 4.68 Å². The molecule has 0 radical (unpaired) electrons. The maximum atomic E-state index is 15.3. The number of hydrogen-bond acceptors (Lipinski definition) is 6. The molecule has 2 heterocycles. The van der Waals surface area contributed by atoms with Gasteiger partial charge in [-0.3, -0.25) is 4.79 Å². The number of aromatic nitrogens is 3. The fraction of sp³-hybridized carbons (Fsp3) is 0.640. The van der Waals surface area contributed by atoms with Crippen LogP contribution in [0.15, 0.2) is 6.07 Å². The highest BCUT2D eigenvalue weighted by Crippen LogP contribution is 2.50. The first-order valence-corrected chi connectivity index (χ1v) is 16.3. The zero-order valence-electron chi connectivity index (χ0n) is 21.5. The summed E-state index contributed by atoms with van der Waals surface area (Å²) in [6, 6.07) is 1.93. The number of carbonyl (C=O) groups is 1. The van der Waals surface area contributed by atoms with Crippen LogP contribution in [-0.4, -0.2) is 41.4 Å². The number of amides is 1. The lowest BCUT2D eigenvalue weighted by molar-refractivity contribution is -0.118. The van der Waals surface area contributed by atoms with Crippen LogP contribution in [-0.2, 0) is 16.3 Å². The van der Waals surface area contributed by atoms with Crippen LogP contribution < -0.4 is 16.8 Å². The van der Waals surface area contributed by atoms with Crippen LogP contribution in [0.4, 0.5) is 15.9 Å². The third kappa shape index (κ3) is 6.10. The van der Waals surface area contributed by atoms with E-state index in [2.05, 4.69) is 35.0 Å². The fourth-order valence-corrected chi connectivity index (χ4v) is 5.63. The van der Waals surface area contributed by atoms with Gasteiger partial charge in [0.15, 0.2) is 0 Å². The predicted octanol–water partition coefficient (Wildman–Crippen LogP) is 4.30. The first kappa shape index (κ1) is 25.8. The van der Waals surface area contributed by atoms with Crippen LogP contribution in [0.5, 0.6) is 0 Å². The summed E-state index contributed by atoms with van der Waals surface area (Å²) >= 11 is 0. The lowest BCUT2D eigenvalue weighted by Crippen LogP contribution is -2.44. The van der Waals surface area contributed by atoms with E-state index in [1.807, 2.05) is 13.8 Å².